The Morgan fingerprint density at radius 3 is 2.40 bits per heavy atom. The normalized spacial score (nSPS) is 10.3. The van der Waals surface area contributed by atoms with Crippen molar-refractivity contribution < 1.29 is 4.74 Å². The molecule has 1 rings (SSSR count). The number of hydrogen-bond acceptors (Lipinski definition) is 2. The molecule has 0 unspecified atom stereocenters. The van der Waals surface area contributed by atoms with Gasteiger partial charge in [-0.3, -0.25) is 0 Å². The fourth-order valence-corrected chi connectivity index (χ4v) is 1.38. The zero-order chi connectivity index (χ0) is 11.3. The van der Waals surface area contributed by atoms with Crippen LogP contribution in [0.1, 0.15) is 25.8 Å². The van der Waals surface area contributed by atoms with Gasteiger partial charge in [0.05, 0.1) is 11.1 Å². The fourth-order valence-electron chi connectivity index (χ4n) is 1.27. The van der Waals surface area contributed by atoms with E-state index in [1.54, 1.807) is 0 Å². The SMILES string of the molecule is CC(C)Oc1ccc(CCC(N)=S)cc1. The maximum Gasteiger partial charge on any atom is 0.119 e. The van der Waals surface area contributed by atoms with Crippen molar-refractivity contribution in [2.24, 2.45) is 5.73 Å². The maximum atomic E-state index is 5.54. The first-order valence-corrected chi connectivity index (χ1v) is 5.52. The molecule has 0 aliphatic heterocycles. The number of aryl methyl sites for hydroxylation is 1. The topological polar surface area (TPSA) is 35.2 Å². The third-order valence-electron chi connectivity index (χ3n) is 1.96. The second-order valence-corrected chi connectivity index (χ2v) is 4.30. The van der Waals surface area contributed by atoms with Crippen LogP contribution < -0.4 is 10.5 Å². The number of hydrogen-bond donors (Lipinski definition) is 1. The highest BCUT2D eigenvalue weighted by Gasteiger charge is 1.98. The largest absolute Gasteiger partial charge is 0.491 e. The standard InChI is InChI=1S/C12H17NOS/c1-9(2)14-11-6-3-10(4-7-11)5-8-12(13)15/h3-4,6-7,9H,5,8H2,1-2H3,(H2,13,15). The molecule has 0 amide bonds. The van der Waals surface area contributed by atoms with E-state index in [1.165, 1.54) is 5.56 Å². The third-order valence-corrected chi connectivity index (χ3v) is 2.16. The van der Waals surface area contributed by atoms with Crippen molar-refractivity contribution >= 4 is 17.2 Å². The van der Waals surface area contributed by atoms with Crippen molar-refractivity contribution in [3.05, 3.63) is 29.8 Å². The highest BCUT2D eigenvalue weighted by molar-refractivity contribution is 7.80. The van der Waals surface area contributed by atoms with Gasteiger partial charge in [0.1, 0.15) is 5.75 Å². The summed E-state index contributed by atoms with van der Waals surface area (Å²) in [4.78, 5) is 0.567. The van der Waals surface area contributed by atoms with E-state index in [-0.39, 0.29) is 6.10 Å². The molecule has 0 bridgehead atoms. The number of benzene rings is 1. The fraction of sp³-hybridized carbons (Fsp3) is 0.417. The minimum Gasteiger partial charge on any atom is -0.491 e. The van der Waals surface area contributed by atoms with Gasteiger partial charge in [0.25, 0.3) is 0 Å². The van der Waals surface area contributed by atoms with E-state index in [0.29, 0.717) is 4.99 Å². The molecule has 0 fully saturated rings. The minimum atomic E-state index is 0.215. The molecule has 0 atom stereocenters. The highest BCUT2D eigenvalue weighted by atomic mass is 32.1. The van der Waals surface area contributed by atoms with Crippen molar-refractivity contribution in [2.45, 2.75) is 32.8 Å². The molecule has 2 nitrogen and oxygen atoms in total. The number of nitrogens with two attached hydrogens (primary N) is 1. The Morgan fingerprint density at radius 1 is 1.33 bits per heavy atom. The lowest BCUT2D eigenvalue weighted by Crippen LogP contribution is -2.08. The Bertz CT molecular complexity index is 319. The van der Waals surface area contributed by atoms with Gasteiger partial charge in [-0.2, -0.15) is 0 Å². The van der Waals surface area contributed by atoms with E-state index >= 15 is 0 Å². The molecule has 82 valence electrons. The van der Waals surface area contributed by atoms with E-state index in [9.17, 15) is 0 Å². The molecule has 0 saturated carbocycles. The first-order valence-electron chi connectivity index (χ1n) is 5.12. The van der Waals surface area contributed by atoms with E-state index in [0.717, 1.165) is 18.6 Å². The zero-order valence-electron chi connectivity index (χ0n) is 9.19. The van der Waals surface area contributed by atoms with Crippen molar-refractivity contribution in [1.29, 1.82) is 0 Å². The van der Waals surface area contributed by atoms with E-state index < -0.39 is 0 Å². The average Bonchev–Trinajstić information content (AvgIpc) is 2.16. The van der Waals surface area contributed by atoms with Gasteiger partial charge >= 0.3 is 0 Å². The van der Waals surface area contributed by atoms with Crippen LogP contribution in [0, 0.1) is 0 Å². The van der Waals surface area contributed by atoms with Crippen LogP contribution in [-0.4, -0.2) is 11.1 Å². The van der Waals surface area contributed by atoms with Crippen LogP contribution in [0.15, 0.2) is 24.3 Å². The van der Waals surface area contributed by atoms with Gasteiger partial charge < -0.3 is 10.5 Å². The minimum absolute atomic E-state index is 0.215. The van der Waals surface area contributed by atoms with Gasteiger partial charge in [0, 0.05) is 6.42 Å². The highest BCUT2D eigenvalue weighted by Crippen LogP contribution is 2.14. The van der Waals surface area contributed by atoms with Crippen LogP contribution in [0.4, 0.5) is 0 Å². The van der Waals surface area contributed by atoms with Crippen LogP contribution in [0.3, 0.4) is 0 Å². The Kier molecular flexibility index (Phi) is 4.56. The second kappa shape index (κ2) is 5.71. The van der Waals surface area contributed by atoms with Crippen LogP contribution in [0.2, 0.25) is 0 Å². The second-order valence-electron chi connectivity index (χ2n) is 3.78. The maximum absolute atomic E-state index is 5.54. The molecule has 3 heteroatoms. The summed E-state index contributed by atoms with van der Waals surface area (Å²) in [6, 6.07) is 8.07. The molecular weight excluding hydrogens is 206 g/mol. The lowest BCUT2D eigenvalue weighted by molar-refractivity contribution is 0.242. The average molecular weight is 223 g/mol. The lowest BCUT2D eigenvalue weighted by atomic mass is 10.1. The quantitative estimate of drug-likeness (QED) is 0.779. The van der Waals surface area contributed by atoms with Gasteiger partial charge in [-0.1, -0.05) is 24.4 Å². The molecule has 15 heavy (non-hydrogen) atoms. The molecule has 0 saturated heterocycles. The van der Waals surface area contributed by atoms with Crippen molar-refractivity contribution in [1.82, 2.24) is 0 Å². The summed E-state index contributed by atoms with van der Waals surface area (Å²) >= 11 is 4.83. The summed E-state index contributed by atoms with van der Waals surface area (Å²) < 4.78 is 5.54. The molecule has 0 heterocycles. The molecule has 0 aromatic heterocycles. The van der Waals surface area contributed by atoms with E-state index in [4.69, 9.17) is 22.7 Å². The Hall–Kier alpha value is -1.09. The molecular formula is C12H17NOS. The first kappa shape index (κ1) is 12.0. The van der Waals surface area contributed by atoms with Gasteiger partial charge in [-0.25, -0.2) is 0 Å². The molecule has 0 spiro atoms. The number of rotatable bonds is 5. The molecule has 0 aliphatic rings. The van der Waals surface area contributed by atoms with Crippen LogP contribution in [0.25, 0.3) is 0 Å². The predicted octanol–water partition coefficient (Wildman–Crippen LogP) is 2.69. The molecule has 2 N–H and O–H groups in total. The van der Waals surface area contributed by atoms with Gasteiger partial charge in [-0.15, -0.1) is 0 Å². The van der Waals surface area contributed by atoms with E-state index in [2.05, 4.69) is 12.1 Å². The monoisotopic (exact) mass is 223 g/mol. The summed E-state index contributed by atoms with van der Waals surface area (Å²) in [5, 5.41) is 0. The van der Waals surface area contributed by atoms with Crippen LogP contribution in [-0.2, 0) is 6.42 Å². The predicted molar refractivity (Wildman–Crippen MR) is 67.3 cm³/mol. The van der Waals surface area contributed by atoms with Gasteiger partial charge in [-0.05, 0) is 38.0 Å². The Morgan fingerprint density at radius 2 is 1.93 bits per heavy atom. The van der Waals surface area contributed by atoms with Gasteiger partial charge in [0.2, 0.25) is 0 Å². The molecule has 1 aromatic rings. The summed E-state index contributed by atoms with van der Waals surface area (Å²) in [5.41, 5.74) is 6.68. The summed E-state index contributed by atoms with van der Waals surface area (Å²) in [6.07, 6.45) is 1.88. The third kappa shape index (κ3) is 4.79. The zero-order valence-corrected chi connectivity index (χ0v) is 10.0. The molecule has 1 aromatic carbocycles. The van der Waals surface area contributed by atoms with Crippen molar-refractivity contribution in [3.8, 4) is 5.75 Å². The van der Waals surface area contributed by atoms with E-state index in [1.807, 2.05) is 26.0 Å². The number of ether oxygens (including phenoxy) is 1. The molecule has 0 radical (unpaired) electrons. The van der Waals surface area contributed by atoms with Gasteiger partial charge in [0.15, 0.2) is 0 Å². The van der Waals surface area contributed by atoms with Crippen molar-refractivity contribution in [3.63, 3.8) is 0 Å². The Labute approximate surface area is 96.4 Å². The number of thiocarbonyl (C=S) groups is 1. The van der Waals surface area contributed by atoms with Crippen LogP contribution >= 0.6 is 12.2 Å². The summed E-state index contributed by atoms with van der Waals surface area (Å²) in [7, 11) is 0. The summed E-state index contributed by atoms with van der Waals surface area (Å²) in [6.45, 7) is 4.03. The molecule has 0 aliphatic carbocycles. The van der Waals surface area contributed by atoms with Crippen molar-refractivity contribution in [2.75, 3.05) is 0 Å². The lowest BCUT2D eigenvalue weighted by Gasteiger charge is -2.09. The Balaban J connectivity index is 2.52. The van der Waals surface area contributed by atoms with Crippen LogP contribution in [0.5, 0.6) is 5.75 Å². The summed E-state index contributed by atoms with van der Waals surface area (Å²) in [5.74, 6) is 0.907. The first-order chi connectivity index (χ1) is 7.08. The smallest absolute Gasteiger partial charge is 0.119 e.